The molecule has 0 aliphatic heterocycles. The number of benzene rings is 1. The van der Waals surface area contributed by atoms with Crippen LogP contribution in [-0.2, 0) is 11.2 Å². The number of carbonyl (C=O) groups is 1. The Labute approximate surface area is 132 Å². The lowest BCUT2D eigenvalue weighted by Crippen LogP contribution is -2.47. The average Bonchev–Trinajstić information content (AvgIpc) is 2.41. The summed E-state index contributed by atoms with van der Waals surface area (Å²) < 4.78 is 0. The third-order valence-electron chi connectivity index (χ3n) is 4.25. The highest BCUT2D eigenvalue weighted by atomic mass is 35.5. The van der Waals surface area contributed by atoms with Gasteiger partial charge in [-0.15, -0.1) is 0 Å². The maximum Gasteiger partial charge on any atom is 0.222 e. The largest absolute Gasteiger partial charge is 0.353 e. The number of hydrogen-bond acceptors (Lipinski definition) is 2. The Kier molecular flexibility index (Phi) is 5.65. The summed E-state index contributed by atoms with van der Waals surface area (Å²) >= 11 is 6.15. The van der Waals surface area contributed by atoms with E-state index >= 15 is 0 Å². The van der Waals surface area contributed by atoms with Crippen LogP contribution in [0.2, 0.25) is 5.02 Å². The highest BCUT2D eigenvalue weighted by Gasteiger charge is 2.30. The molecule has 0 spiro atoms. The molecule has 1 aromatic rings. The topological polar surface area (TPSA) is 55.1 Å². The van der Waals surface area contributed by atoms with Crippen molar-refractivity contribution in [1.82, 2.24) is 5.32 Å². The van der Waals surface area contributed by atoms with E-state index in [4.69, 9.17) is 17.3 Å². The summed E-state index contributed by atoms with van der Waals surface area (Å²) in [6.45, 7) is 2.01. The molecule has 3 N–H and O–H groups in total. The van der Waals surface area contributed by atoms with Crippen molar-refractivity contribution < 1.29 is 4.79 Å². The summed E-state index contributed by atoms with van der Waals surface area (Å²) in [6.07, 6.45) is 6.60. The quantitative estimate of drug-likeness (QED) is 0.875. The normalized spacial score (nSPS) is 19.0. The van der Waals surface area contributed by atoms with Gasteiger partial charge in [0.1, 0.15) is 0 Å². The number of carbonyl (C=O) groups excluding carboxylic acids is 1. The maximum absolute atomic E-state index is 12.2. The molecule has 0 bridgehead atoms. The van der Waals surface area contributed by atoms with Crippen molar-refractivity contribution in [2.75, 3.05) is 0 Å². The molecule has 1 saturated carbocycles. The average molecular weight is 309 g/mol. The van der Waals surface area contributed by atoms with Crippen molar-refractivity contribution in [2.24, 2.45) is 5.73 Å². The van der Waals surface area contributed by atoms with Crippen LogP contribution in [0.3, 0.4) is 0 Å². The van der Waals surface area contributed by atoms with Crippen LogP contribution in [-0.4, -0.2) is 17.5 Å². The minimum atomic E-state index is -0.299. The maximum atomic E-state index is 12.2. The molecule has 0 saturated heterocycles. The van der Waals surface area contributed by atoms with Crippen molar-refractivity contribution in [2.45, 2.75) is 63.5 Å². The predicted octanol–water partition coefficient (Wildman–Crippen LogP) is 3.44. The Morgan fingerprint density at radius 2 is 2.00 bits per heavy atom. The second-order valence-corrected chi connectivity index (χ2v) is 6.77. The van der Waals surface area contributed by atoms with Crippen molar-refractivity contribution in [3.8, 4) is 0 Å². The first-order valence-corrected chi connectivity index (χ1v) is 8.18. The zero-order valence-electron chi connectivity index (χ0n) is 12.7. The van der Waals surface area contributed by atoms with E-state index in [0.717, 1.165) is 42.7 Å². The monoisotopic (exact) mass is 308 g/mol. The minimum absolute atomic E-state index is 0.0546. The van der Waals surface area contributed by atoms with Gasteiger partial charge in [-0.25, -0.2) is 0 Å². The van der Waals surface area contributed by atoms with E-state index in [1.165, 1.54) is 6.42 Å². The van der Waals surface area contributed by atoms with E-state index < -0.39 is 0 Å². The molecular formula is C17H25ClN2O. The molecule has 2 rings (SSSR count). The van der Waals surface area contributed by atoms with Crippen molar-refractivity contribution in [1.29, 1.82) is 0 Å². The van der Waals surface area contributed by atoms with Gasteiger partial charge in [-0.1, -0.05) is 49.1 Å². The molecule has 4 heteroatoms. The fourth-order valence-corrected chi connectivity index (χ4v) is 3.34. The van der Waals surface area contributed by atoms with Crippen LogP contribution in [0.25, 0.3) is 0 Å². The second-order valence-electron chi connectivity index (χ2n) is 6.36. The van der Waals surface area contributed by atoms with Crippen molar-refractivity contribution >= 4 is 17.5 Å². The van der Waals surface area contributed by atoms with E-state index in [1.807, 2.05) is 31.2 Å². The highest BCUT2D eigenvalue weighted by Crippen LogP contribution is 2.28. The molecule has 21 heavy (non-hydrogen) atoms. The van der Waals surface area contributed by atoms with E-state index in [-0.39, 0.29) is 17.5 Å². The van der Waals surface area contributed by atoms with Gasteiger partial charge in [0.05, 0.1) is 0 Å². The molecule has 3 nitrogen and oxygen atoms in total. The van der Waals surface area contributed by atoms with Crippen LogP contribution in [0.5, 0.6) is 0 Å². The summed E-state index contributed by atoms with van der Waals surface area (Å²) in [6, 6.07) is 7.81. The van der Waals surface area contributed by atoms with Gasteiger partial charge in [-0.05, 0) is 37.8 Å². The molecule has 1 aliphatic carbocycles. The number of hydrogen-bond donors (Lipinski definition) is 2. The highest BCUT2D eigenvalue weighted by molar-refractivity contribution is 6.31. The Morgan fingerprint density at radius 1 is 1.33 bits per heavy atom. The van der Waals surface area contributed by atoms with Crippen LogP contribution in [0.15, 0.2) is 24.3 Å². The zero-order valence-corrected chi connectivity index (χ0v) is 13.5. The first-order valence-electron chi connectivity index (χ1n) is 7.80. The van der Waals surface area contributed by atoms with Gasteiger partial charge in [-0.2, -0.15) is 0 Å². The minimum Gasteiger partial charge on any atom is -0.353 e. The van der Waals surface area contributed by atoms with Crippen LogP contribution in [0.1, 0.15) is 51.0 Å². The predicted molar refractivity (Wildman–Crippen MR) is 87.4 cm³/mol. The van der Waals surface area contributed by atoms with E-state index in [0.29, 0.717) is 6.42 Å². The van der Waals surface area contributed by atoms with E-state index in [2.05, 4.69) is 5.32 Å². The molecule has 116 valence electrons. The summed E-state index contributed by atoms with van der Waals surface area (Å²) in [4.78, 5) is 12.2. The van der Waals surface area contributed by atoms with E-state index in [9.17, 15) is 4.79 Å². The second kappa shape index (κ2) is 7.28. The standard InChI is InChI=1S/C17H25ClN2O/c1-13(11-14-7-3-4-8-15(14)18)20-16(21)12-17(19)9-5-2-6-10-17/h3-4,7-8,13H,2,5-6,9-12,19H2,1H3,(H,20,21). The lowest BCUT2D eigenvalue weighted by molar-refractivity contribution is -0.123. The van der Waals surface area contributed by atoms with Gasteiger partial charge in [0.25, 0.3) is 0 Å². The van der Waals surface area contributed by atoms with Gasteiger partial charge >= 0.3 is 0 Å². The summed E-state index contributed by atoms with van der Waals surface area (Å²) in [5, 5.41) is 3.80. The molecule has 1 atom stereocenters. The molecule has 1 aliphatic rings. The molecular weight excluding hydrogens is 284 g/mol. The summed E-state index contributed by atoms with van der Waals surface area (Å²) in [7, 11) is 0. The lowest BCUT2D eigenvalue weighted by Gasteiger charge is -2.33. The van der Waals surface area contributed by atoms with Gasteiger partial charge in [0.2, 0.25) is 5.91 Å². The number of amides is 1. The van der Waals surface area contributed by atoms with Crippen LogP contribution in [0.4, 0.5) is 0 Å². The van der Waals surface area contributed by atoms with Gasteiger partial charge in [0.15, 0.2) is 0 Å². The first-order chi connectivity index (χ1) is 9.98. The number of nitrogens with two attached hydrogens (primary N) is 1. The van der Waals surface area contributed by atoms with Gasteiger partial charge in [0, 0.05) is 23.0 Å². The molecule has 1 fully saturated rings. The Morgan fingerprint density at radius 3 is 2.67 bits per heavy atom. The van der Waals surface area contributed by atoms with E-state index in [1.54, 1.807) is 0 Å². The number of nitrogens with one attached hydrogen (secondary N) is 1. The number of rotatable bonds is 5. The Balaban J connectivity index is 1.83. The smallest absolute Gasteiger partial charge is 0.222 e. The van der Waals surface area contributed by atoms with Crippen LogP contribution in [0, 0.1) is 0 Å². The summed E-state index contributed by atoms with van der Waals surface area (Å²) in [5.74, 6) is 0.0546. The Bertz CT molecular complexity index is 483. The fraction of sp³-hybridized carbons (Fsp3) is 0.588. The first kappa shape index (κ1) is 16.3. The molecule has 1 amide bonds. The van der Waals surface area contributed by atoms with Crippen LogP contribution < -0.4 is 11.1 Å². The van der Waals surface area contributed by atoms with Gasteiger partial charge in [-0.3, -0.25) is 4.79 Å². The van der Waals surface area contributed by atoms with Crippen molar-refractivity contribution in [3.63, 3.8) is 0 Å². The SMILES string of the molecule is CC(Cc1ccccc1Cl)NC(=O)CC1(N)CCCCC1. The molecule has 1 aromatic carbocycles. The molecule has 1 unspecified atom stereocenters. The third kappa shape index (κ3) is 5.01. The molecule has 0 aromatic heterocycles. The number of halogens is 1. The lowest BCUT2D eigenvalue weighted by atomic mass is 9.80. The molecule has 0 radical (unpaired) electrons. The third-order valence-corrected chi connectivity index (χ3v) is 4.62. The summed E-state index contributed by atoms with van der Waals surface area (Å²) in [5.41, 5.74) is 7.09. The fourth-order valence-electron chi connectivity index (χ4n) is 3.12. The van der Waals surface area contributed by atoms with Crippen molar-refractivity contribution in [3.05, 3.63) is 34.9 Å². The zero-order chi connectivity index (χ0) is 15.3. The Hall–Kier alpha value is -1.06. The van der Waals surface area contributed by atoms with Crippen LogP contribution >= 0.6 is 11.6 Å². The molecule has 0 heterocycles. The van der Waals surface area contributed by atoms with Gasteiger partial charge < -0.3 is 11.1 Å².